The van der Waals surface area contributed by atoms with Crippen molar-refractivity contribution in [3.63, 3.8) is 0 Å². The van der Waals surface area contributed by atoms with Crippen molar-refractivity contribution in [3.05, 3.63) is 47.8 Å². The number of nitrogens with zero attached hydrogens (tertiary/aromatic N) is 4. The lowest BCUT2D eigenvalue weighted by Gasteiger charge is -2.08. The van der Waals surface area contributed by atoms with E-state index in [9.17, 15) is 4.39 Å². The first kappa shape index (κ1) is 14.1. The standard InChI is InChI=1S/C15H16ClFN4/c1-11-8-14-13(9-12(11)17)19-15(10-16)21(14)7-3-6-20-5-2-4-18-20/h2,4-5,8-9H,3,6-7,10H2,1H3. The molecular weight excluding hydrogens is 291 g/mol. The molecule has 2 aromatic heterocycles. The summed E-state index contributed by atoms with van der Waals surface area (Å²) in [5.74, 6) is 0.860. The number of halogens is 2. The van der Waals surface area contributed by atoms with Gasteiger partial charge in [-0.15, -0.1) is 11.6 Å². The van der Waals surface area contributed by atoms with Crippen molar-refractivity contribution in [3.8, 4) is 0 Å². The van der Waals surface area contributed by atoms with Crippen LogP contribution in [0.1, 0.15) is 17.8 Å². The molecule has 0 fully saturated rings. The van der Waals surface area contributed by atoms with Crippen molar-refractivity contribution in [2.75, 3.05) is 0 Å². The van der Waals surface area contributed by atoms with Gasteiger partial charge in [-0.3, -0.25) is 4.68 Å². The van der Waals surface area contributed by atoms with E-state index in [0.29, 0.717) is 17.0 Å². The van der Waals surface area contributed by atoms with E-state index in [1.54, 1.807) is 13.1 Å². The van der Waals surface area contributed by atoms with Gasteiger partial charge < -0.3 is 4.57 Å². The molecule has 0 atom stereocenters. The Bertz CT molecular complexity index is 749. The zero-order valence-corrected chi connectivity index (χ0v) is 12.5. The molecule has 0 aliphatic rings. The fraction of sp³-hybridized carbons (Fsp3) is 0.333. The Morgan fingerprint density at radius 1 is 1.29 bits per heavy atom. The maximum Gasteiger partial charge on any atom is 0.128 e. The van der Waals surface area contributed by atoms with Crippen LogP contribution in [0, 0.1) is 12.7 Å². The molecule has 0 aliphatic carbocycles. The Hall–Kier alpha value is -1.88. The normalized spacial score (nSPS) is 11.4. The van der Waals surface area contributed by atoms with Gasteiger partial charge in [-0.05, 0) is 31.0 Å². The summed E-state index contributed by atoms with van der Waals surface area (Å²) in [7, 11) is 0. The summed E-state index contributed by atoms with van der Waals surface area (Å²) in [6.45, 7) is 3.37. The molecule has 0 amide bonds. The van der Waals surface area contributed by atoms with E-state index < -0.39 is 0 Å². The molecule has 0 radical (unpaired) electrons. The highest BCUT2D eigenvalue weighted by atomic mass is 35.5. The van der Waals surface area contributed by atoms with E-state index in [1.807, 2.05) is 23.0 Å². The molecule has 0 saturated carbocycles. The summed E-state index contributed by atoms with van der Waals surface area (Å²) < 4.78 is 17.6. The number of hydrogen-bond acceptors (Lipinski definition) is 2. The molecule has 0 aliphatic heterocycles. The molecule has 110 valence electrons. The monoisotopic (exact) mass is 306 g/mol. The fourth-order valence-electron chi connectivity index (χ4n) is 2.48. The van der Waals surface area contributed by atoms with Crippen LogP contribution in [0.4, 0.5) is 4.39 Å². The van der Waals surface area contributed by atoms with Crippen molar-refractivity contribution in [1.29, 1.82) is 0 Å². The average Bonchev–Trinajstić information content (AvgIpc) is 3.08. The molecule has 6 heteroatoms. The molecule has 0 N–H and O–H groups in total. The molecule has 4 nitrogen and oxygen atoms in total. The molecule has 0 unspecified atom stereocenters. The van der Waals surface area contributed by atoms with E-state index in [2.05, 4.69) is 14.6 Å². The van der Waals surface area contributed by atoms with Gasteiger partial charge in [0.15, 0.2) is 0 Å². The number of rotatable bonds is 5. The second-order valence-electron chi connectivity index (χ2n) is 5.03. The minimum atomic E-state index is -0.232. The first-order valence-electron chi connectivity index (χ1n) is 6.87. The fourth-order valence-corrected chi connectivity index (χ4v) is 2.68. The number of hydrogen-bond donors (Lipinski definition) is 0. The van der Waals surface area contributed by atoms with Crippen LogP contribution in [0.25, 0.3) is 11.0 Å². The highest BCUT2D eigenvalue weighted by molar-refractivity contribution is 6.16. The van der Waals surface area contributed by atoms with Gasteiger partial charge in [0.1, 0.15) is 11.6 Å². The summed E-state index contributed by atoms with van der Waals surface area (Å²) in [5.41, 5.74) is 2.22. The maximum atomic E-state index is 13.6. The summed E-state index contributed by atoms with van der Waals surface area (Å²) >= 11 is 5.97. The third kappa shape index (κ3) is 2.78. The number of aryl methyl sites for hydroxylation is 3. The highest BCUT2D eigenvalue weighted by Crippen LogP contribution is 2.21. The van der Waals surface area contributed by atoms with Crippen LogP contribution in [0.3, 0.4) is 0 Å². The van der Waals surface area contributed by atoms with Gasteiger partial charge in [0.2, 0.25) is 0 Å². The first-order valence-corrected chi connectivity index (χ1v) is 7.41. The van der Waals surface area contributed by atoms with Gasteiger partial charge in [-0.2, -0.15) is 5.10 Å². The van der Waals surface area contributed by atoms with E-state index in [1.165, 1.54) is 6.07 Å². The van der Waals surface area contributed by atoms with Gasteiger partial charge >= 0.3 is 0 Å². The molecule has 21 heavy (non-hydrogen) atoms. The zero-order chi connectivity index (χ0) is 14.8. The van der Waals surface area contributed by atoms with Gasteiger partial charge in [0, 0.05) is 31.5 Å². The zero-order valence-electron chi connectivity index (χ0n) is 11.8. The largest absolute Gasteiger partial charge is 0.327 e. The first-order chi connectivity index (χ1) is 10.2. The lowest BCUT2D eigenvalue weighted by atomic mass is 10.2. The van der Waals surface area contributed by atoms with E-state index >= 15 is 0 Å². The smallest absolute Gasteiger partial charge is 0.128 e. The van der Waals surface area contributed by atoms with Crippen LogP contribution in [0.15, 0.2) is 30.6 Å². The molecule has 0 saturated heterocycles. The number of aromatic nitrogens is 4. The molecule has 0 spiro atoms. The van der Waals surface area contributed by atoms with Crippen molar-refractivity contribution < 1.29 is 4.39 Å². The van der Waals surface area contributed by atoms with E-state index in [-0.39, 0.29) is 5.82 Å². The van der Waals surface area contributed by atoms with Crippen LogP contribution >= 0.6 is 11.6 Å². The Labute approximate surface area is 127 Å². The molecule has 0 bridgehead atoms. The summed E-state index contributed by atoms with van der Waals surface area (Å²) in [4.78, 5) is 4.42. The third-order valence-electron chi connectivity index (χ3n) is 3.56. The quantitative estimate of drug-likeness (QED) is 0.676. The highest BCUT2D eigenvalue weighted by Gasteiger charge is 2.12. The van der Waals surface area contributed by atoms with Gasteiger partial charge in [-0.25, -0.2) is 9.37 Å². The minimum Gasteiger partial charge on any atom is -0.327 e. The molecule has 1 aromatic carbocycles. The van der Waals surface area contributed by atoms with Gasteiger partial charge in [0.05, 0.1) is 16.9 Å². The molecule has 3 rings (SSSR count). The Morgan fingerprint density at radius 2 is 2.14 bits per heavy atom. The number of alkyl halides is 1. The second kappa shape index (κ2) is 5.85. The Balaban J connectivity index is 1.87. The van der Waals surface area contributed by atoms with Crippen molar-refractivity contribution in [2.45, 2.75) is 32.3 Å². The van der Waals surface area contributed by atoms with Crippen LogP contribution in [0.5, 0.6) is 0 Å². The van der Waals surface area contributed by atoms with Gasteiger partial charge in [-0.1, -0.05) is 0 Å². The predicted molar refractivity (Wildman–Crippen MR) is 80.8 cm³/mol. The van der Waals surface area contributed by atoms with Crippen LogP contribution in [-0.2, 0) is 19.0 Å². The molecular formula is C15H16ClFN4. The lowest BCUT2D eigenvalue weighted by Crippen LogP contribution is -2.07. The van der Waals surface area contributed by atoms with Gasteiger partial charge in [0.25, 0.3) is 0 Å². The van der Waals surface area contributed by atoms with E-state index in [4.69, 9.17) is 11.6 Å². The summed E-state index contributed by atoms with van der Waals surface area (Å²) in [6, 6.07) is 5.22. The molecule has 3 aromatic rings. The predicted octanol–water partition coefficient (Wildman–Crippen LogP) is 3.51. The maximum absolute atomic E-state index is 13.6. The number of fused-ring (bicyclic) bond motifs is 1. The van der Waals surface area contributed by atoms with Crippen LogP contribution < -0.4 is 0 Å². The van der Waals surface area contributed by atoms with Crippen LogP contribution in [0.2, 0.25) is 0 Å². The second-order valence-corrected chi connectivity index (χ2v) is 5.29. The Kier molecular flexibility index (Phi) is 3.92. The SMILES string of the molecule is Cc1cc2c(cc1F)nc(CCl)n2CCCn1cccn1. The molecule has 2 heterocycles. The van der Waals surface area contributed by atoms with Crippen molar-refractivity contribution in [2.24, 2.45) is 0 Å². The van der Waals surface area contributed by atoms with Crippen LogP contribution in [-0.4, -0.2) is 19.3 Å². The number of imidazole rings is 1. The van der Waals surface area contributed by atoms with E-state index in [0.717, 1.165) is 30.9 Å². The summed E-state index contributed by atoms with van der Waals surface area (Å²) in [5, 5.41) is 4.18. The average molecular weight is 307 g/mol. The number of benzene rings is 1. The lowest BCUT2D eigenvalue weighted by molar-refractivity contribution is 0.526. The summed E-state index contributed by atoms with van der Waals surface area (Å²) in [6.07, 6.45) is 4.62. The third-order valence-corrected chi connectivity index (χ3v) is 3.79. The minimum absolute atomic E-state index is 0.232. The Morgan fingerprint density at radius 3 is 2.86 bits per heavy atom. The topological polar surface area (TPSA) is 35.6 Å². The van der Waals surface area contributed by atoms with Crippen molar-refractivity contribution in [1.82, 2.24) is 19.3 Å². The van der Waals surface area contributed by atoms with Crippen molar-refractivity contribution >= 4 is 22.6 Å².